The molecule has 0 aliphatic rings. The molecule has 1 heterocycles. The fourth-order valence-electron chi connectivity index (χ4n) is 1.38. The Labute approximate surface area is 125 Å². The average molecular weight is 337 g/mol. The number of hydrogen-bond acceptors (Lipinski definition) is 4. The minimum absolute atomic E-state index is 0.156. The fraction of sp³-hybridized carbons (Fsp3) is 0.0909. The van der Waals surface area contributed by atoms with Crippen LogP contribution < -0.4 is 10.5 Å². The molecule has 0 radical (unpaired) electrons. The van der Waals surface area contributed by atoms with Gasteiger partial charge in [0, 0.05) is 0 Å². The Kier molecular flexibility index (Phi) is 3.96. The molecule has 1 aromatic heterocycles. The molecular formula is C11H10Cl2N2O2S2. The molecule has 2 rings (SSSR count). The fourth-order valence-corrected chi connectivity index (χ4v) is 4.25. The van der Waals surface area contributed by atoms with Crippen molar-refractivity contribution in [2.75, 3.05) is 10.5 Å². The minimum Gasteiger partial charge on any atom is -0.397 e. The first kappa shape index (κ1) is 14.5. The number of thiophene rings is 1. The van der Waals surface area contributed by atoms with E-state index in [2.05, 4.69) is 4.72 Å². The molecule has 4 nitrogen and oxygen atoms in total. The normalized spacial score (nSPS) is 11.5. The van der Waals surface area contributed by atoms with E-state index in [0.717, 1.165) is 16.9 Å². The summed E-state index contributed by atoms with van der Waals surface area (Å²) in [7, 11) is -3.66. The lowest BCUT2D eigenvalue weighted by atomic mass is 10.3. The third-order valence-electron chi connectivity index (χ3n) is 2.35. The Morgan fingerprint density at radius 1 is 1.26 bits per heavy atom. The van der Waals surface area contributed by atoms with E-state index in [9.17, 15) is 8.42 Å². The van der Waals surface area contributed by atoms with Gasteiger partial charge in [0.15, 0.2) is 0 Å². The van der Waals surface area contributed by atoms with Gasteiger partial charge in [-0.3, -0.25) is 4.72 Å². The van der Waals surface area contributed by atoms with E-state index in [1.54, 1.807) is 6.92 Å². The zero-order valence-corrected chi connectivity index (χ0v) is 12.9. The van der Waals surface area contributed by atoms with Crippen LogP contribution in [0.4, 0.5) is 11.4 Å². The van der Waals surface area contributed by atoms with Gasteiger partial charge in [0.25, 0.3) is 10.0 Å². The van der Waals surface area contributed by atoms with Crippen LogP contribution in [-0.2, 0) is 10.0 Å². The Morgan fingerprint density at radius 3 is 2.47 bits per heavy atom. The molecule has 8 heteroatoms. The lowest BCUT2D eigenvalue weighted by molar-refractivity contribution is 0.603. The van der Waals surface area contributed by atoms with Crippen LogP contribution >= 0.6 is 34.5 Å². The van der Waals surface area contributed by atoms with Crippen LogP contribution in [0.1, 0.15) is 5.56 Å². The number of benzene rings is 1. The van der Waals surface area contributed by atoms with Gasteiger partial charge in [0.2, 0.25) is 0 Å². The predicted molar refractivity (Wildman–Crippen MR) is 80.7 cm³/mol. The molecule has 0 aliphatic carbocycles. The minimum atomic E-state index is -3.66. The second kappa shape index (κ2) is 5.20. The van der Waals surface area contributed by atoms with Gasteiger partial charge in [-0.2, -0.15) is 0 Å². The van der Waals surface area contributed by atoms with E-state index in [1.807, 2.05) is 0 Å². The third kappa shape index (κ3) is 3.14. The van der Waals surface area contributed by atoms with Crippen LogP contribution in [-0.4, -0.2) is 8.42 Å². The van der Waals surface area contributed by atoms with Crippen LogP contribution in [0.25, 0.3) is 0 Å². The Morgan fingerprint density at radius 2 is 1.95 bits per heavy atom. The quantitative estimate of drug-likeness (QED) is 0.838. The Balaban J connectivity index is 2.33. The summed E-state index contributed by atoms with van der Waals surface area (Å²) in [6.45, 7) is 1.75. The number of nitrogens with one attached hydrogen (secondary N) is 1. The van der Waals surface area contributed by atoms with Crippen molar-refractivity contribution in [1.29, 1.82) is 0 Å². The van der Waals surface area contributed by atoms with Crippen molar-refractivity contribution in [3.63, 3.8) is 0 Å². The van der Waals surface area contributed by atoms with E-state index in [-0.39, 0.29) is 4.21 Å². The Bertz CT molecular complexity index is 707. The summed E-state index contributed by atoms with van der Waals surface area (Å²) >= 11 is 12.7. The van der Waals surface area contributed by atoms with E-state index < -0.39 is 10.0 Å². The first-order valence-corrected chi connectivity index (χ1v) is 8.19. The number of rotatable bonds is 3. The topological polar surface area (TPSA) is 72.2 Å². The zero-order chi connectivity index (χ0) is 14.2. The summed E-state index contributed by atoms with van der Waals surface area (Å²) in [5, 5.41) is 0.373. The first-order valence-electron chi connectivity index (χ1n) is 5.13. The molecule has 102 valence electrons. The number of aryl methyl sites for hydroxylation is 1. The molecule has 0 amide bonds. The predicted octanol–water partition coefficient (Wildman–Crippen LogP) is 3.75. The van der Waals surface area contributed by atoms with Crippen molar-refractivity contribution in [2.24, 2.45) is 0 Å². The van der Waals surface area contributed by atoms with Crippen LogP contribution in [0.15, 0.2) is 28.5 Å². The first-order chi connectivity index (χ1) is 8.79. The van der Waals surface area contributed by atoms with E-state index in [0.29, 0.717) is 20.7 Å². The number of anilines is 2. The highest BCUT2D eigenvalue weighted by Crippen LogP contribution is 2.32. The second-order valence-corrected chi connectivity index (χ2v) is 7.83. The van der Waals surface area contributed by atoms with E-state index in [1.165, 1.54) is 24.3 Å². The molecule has 0 bridgehead atoms. The van der Waals surface area contributed by atoms with Gasteiger partial charge in [-0.1, -0.05) is 23.2 Å². The molecule has 19 heavy (non-hydrogen) atoms. The maximum Gasteiger partial charge on any atom is 0.271 e. The number of sulfonamides is 1. The van der Waals surface area contributed by atoms with E-state index in [4.69, 9.17) is 28.9 Å². The third-order valence-corrected chi connectivity index (χ3v) is 6.10. The standard InChI is InChI=1S/C11H10Cl2N2O2S2/c1-6-4-10(18-11(6)13)19(16,17)15-7-2-3-8(12)9(14)5-7/h2-5,15H,14H2,1H3. The van der Waals surface area contributed by atoms with Gasteiger partial charge >= 0.3 is 0 Å². The van der Waals surface area contributed by atoms with Crippen LogP contribution in [0.3, 0.4) is 0 Å². The van der Waals surface area contributed by atoms with Crippen molar-refractivity contribution >= 4 is 55.9 Å². The molecule has 0 spiro atoms. The van der Waals surface area contributed by atoms with Gasteiger partial charge in [0.05, 0.1) is 20.7 Å². The lowest BCUT2D eigenvalue weighted by Crippen LogP contribution is -2.11. The van der Waals surface area contributed by atoms with Crippen molar-refractivity contribution in [1.82, 2.24) is 0 Å². The molecule has 3 N–H and O–H groups in total. The average Bonchev–Trinajstić information content (AvgIpc) is 2.65. The molecule has 2 aromatic rings. The summed E-state index contributed by atoms with van der Waals surface area (Å²) in [4.78, 5) is 0. The van der Waals surface area contributed by atoms with Crippen LogP contribution in [0, 0.1) is 6.92 Å². The molecule has 0 aliphatic heterocycles. The van der Waals surface area contributed by atoms with Crippen molar-refractivity contribution in [2.45, 2.75) is 11.1 Å². The maximum atomic E-state index is 12.1. The molecule has 1 aromatic carbocycles. The number of halogens is 2. The lowest BCUT2D eigenvalue weighted by Gasteiger charge is -2.07. The summed E-state index contributed by atoms with van der Waals surface area (Å²) < 4.78 is 27.3. The molecule has 0 atom stereocenters. The van der Waals surface area contributed by atoms with Gasteiger partial charge in [-0.25, -0.2) is 8.42 Å². The number of nitrogens with two attached hydrogens (primary N) is 1. The summed E-state index contributed by atoms with van der Waals surface area (Å²) in [5.74, 6) is 0. The largest absolute Gasteiger partial charge is 0.397 e. The highest BCUT2D eigenvalue weighted by molar-refractivity contribution is 7.94. The van der Waals surface area contributed by atoms with Crippen molar-refractivity contribution in [3.05, 3.63) is 39.2 Å². The molecule has 0 saturated carbocycles. The number of nitrogen functional groups attached to an aromatic ring is 1. The monoisotopic (exact) mass is 336 g/mol. The van der Waals surface area contributed by atoms with Gasteiger partial charge in [0.1, 0.15) is 4.21 Å². The summed E-state index contributed by atoms with van der Waals surface area (Å²) in [5.41, 5.74) is 7.00. The second-order valence-electron chi connectivity index (χ2n) is 3.86. The SMILES string of the molecule is Cc1cc(S(=O)(=O)Nc2ccc(Cl)c(N)c2)sc1Cl. The van der Waals surface area contributed by atoms with E-state index >= 15 is 0 Å². The molecule has 0 saturated heterocycles. The van der Waals surface area contributed by atoms with Gasteiger partial charge in [-0.15, -0.1) is 11.3 Å². The highest BCUT2D eigenvalue weighted by Gasteiger charge is 2.18. The van der Waals surface area contributed by atoms with Gasteiger partial charge in [-0.05, 0) is 36.8 Å². The van der Waals surface area contributed by atoms with Gasteiger partial charge < -0.3 is 5.73 Å². The Hall–Kier alpha value is -0.950. The van der Waals surface area contributed by atoms with Crippen LogP contribution in [0.2, 0.25) is 9.36 Å². The molecule has 0 fully saturated rings. The van der Waals surface area contributed by atoms with Crippen LogP contribution in [0.5, 0.6) is 0 Å². The number of hydrogen-bond donors (Lipinski definition) is 2. The summed E-state index contributed by atoms with van der Waals surface area (Å²) in [6, 6.07) is 6.05. The summed E-state index contributed by atoms with van der Waals surface area (Å²) in [6.07, 6.45) is 0. The zero-order valence-electron chi connectivity index (χ0n) is 9.78. The van der Waals surface area contributed by atoms with Crippen molar-refractivity contribution < 1.29 is 8.42 Å². The van der Waals surface area contributed by atoms with Crippen molar-refractivity contribution in [3.8, 4) is 0 Å². The molecular weight excluding hydrogens is 327 g/mol. The maximum absolute atomic E-state index is 12.1. The highest BCUT2D eigenvalue weighted by atomic mass is 35.5. The molecule has 0 unspecified atom stereocenters. The smallest absolute Gasteiger partial charge is 0.271 e.